The van der Waals surface area contributed by atoms with Gasteiger partial charge in [-0.3, -0.25) is 9.59 Å². The van der Waals surface area contributed by atoms with Crippen molar-refractivity contribution in [2.45, 2.75) is 11.7 Å². The predicted molar refractivity (Wildman–Crippen MR) is 74.2 cm³/mol. The summed E-state index contributed by atoms with van der Waals surface area (Å²) in [6.45, 7) is 0. The molecule has 1 atom stereocenters. The number of hydrogen-bond donors (Lipinski definition) is 2. The highest BCUT2D eigenvalue weighted by Gasteiger charge is 2.29. The molecule has 0 radical (unpaired) electrons. The van der Waals surface area contributed by atoms with Crippen molar-refractivity contribution in [3.63, 3.8) is 0 Å². The summed E-state index contributed by atoms with van der Waals surface area (Å²) >= 11 is 1.11. The molecule has 6 nitrogen and oxygen atoms in total. The van der Waals surface area contributed by atoms with Gasteiger partial charge in [-0.15, -0.1) is 0 Å². The van der Waals surface area contributed by atoms with Crippen LogP contribution in [0.2, 0.25) is 0 Å². The van der Waals surface area contributed by atoms with E-state index in [1.807, 2.05) is 0 Å². The number of ether oxygens (including phenoxy) is 1. The Kier molecular flexibility index (Phi) is 4.06. The molecule has 2 amide bonds. The largest absolute Gasteiger partial charge is 0.495 e. The van der Waals surface area contributed by atoms with Crippen LogP contribution < -0.4 is 15.8 Å². The summed E-state index contributed by atoms with van der Waals surface area (Å²) < 4.78 is 5.12. The molecular weight excluding hydrogens is 266 g/mol. The number of nitrogens with two attached hydrogens (primary N) is 1. The van der Waals surface area contributed by atoms with E-state index < -0.39 is 5.25 Å². The second kappa shape index (κ2) is 5.75. The molecule has 0 fully saturated rings. The summed E-state index contributed by atoms with van der Waals surface area (Å²) in [7, 11) is 1.52. The van der Waals surface area contributed by atoms with Crippen LogP contribution in [0.25, 0.3) is 0 Å². The number of amides is 2. The Morgan fingerprint density at radius 2 is 2.26 bits per heavy atom. The lowest BCUT2D eigenvalue weighted by atomic mass is 10.2. The van der Waals surface area contributed by atoms with E-state index in [1.165, 1.54) is 7.11 Å². The Bertz CT molecular complexity index is 545. The van der Waals surface area contributed by atoms with Crippen LogP contribution in [0.3, 0.4) is 0 Å². The molecule has 0 saturated carbocycles. The van der Waals surface area contributed by atoms with Crippen molar-refractivity contribution >= 4 is 34.4 Å². The minimum atomic E-state index is -0.533. The van der Waals surface area contributed by atoms with Crippen molar-refractivity contribution < 1.29 is 14.3 Å². The summed E-state index contributed by atoms with van der Waals surface area (Å²) in [5.74, 6) is -0.0741. The number of methoxy groups -OCH3 is 1. The smallest absolute Gasteiger partial charge is 0.262 e. The van der Waals surface area contributed by atoms with E-state index in [0.717, 1.165) is 11.8 Å². The number of nitrogens with zero attached hydrogens (tertiary/aromatic N) is 1. The molecule has 1 aliphatic heterocycles. The molecule has 0 bridgehead atoms. The average Bonchev–Trinajstić information content (AvgIpc) is 2.68. The van der Waals surface area contributed by atoms with Gasteiger partial charge in [0.25, 0.3) is 5.91 Å². The van der Waals surface area contributed by atoms with E-state index in [2.05, 4.69) is 10.3 Å². The van der Waals surface area contributed by atoms with Gasteiger partial charge in [0, 0.05) is 6.42 Å². The van der Waals surface area contributed by atoms with Gasteiger partial charge < -0.3 is 15.8 Å². The van der Waals surface area contributed by atoms with Crippen LogP contribution >= 0.6 is 11.8 Å². The third-order valence-electron chi connectivity index (χ3n) is 2.51. The molecule has 1 aromatic carbocycles. The number of benzene rings is 1. The first-order valence-corrected chi connectivity index (χ1v) is 6.45. The minimum absolute atomic E-state index is 0.0335. The van der Waals surface area contributed by atoms with Crippen LogP contribution in [-0.2, 0) is 9.59 Å². The van der Waals surface area contributed by atoms with Gasteiger partial charge in [0.2, 0.25) is 5.91 Å². The summed E-state index contributed by atoms with van der Waals surface area (Å²) in [5.41, 5.74) is 6.00. The Morgan fingerprint density at radius 1 is 1.53 bits per heavy atom. The Hall–Kier alpha value is -2.02. The molecule has 1 aliphatic rings. The van der Waals surface area contributed by atoms with Gasteiger partial charge >= 0.3 is 0 Å². The molecule has 2 rings (SSSR count). The number of nitrogens with one attached hydrogen (secondary N) is 1. The number of carbonyl (C=O) groups is 2. The standard InChI is InChI=1S/C12H13N3O3S/c1-18-8-5-3-2-4-7(8)14-10(16)6-9-11(17)15-12(13)19-9/h2-5,9H,6H2,1H3,(H,14,16)(H2,13,15,17)/t9-/m0/s1. The number of para-hydroxylation sites is 2. The van der Waals surface area contributed by atoms with E-state index in [-0.39, 0.29) is 23.4 Å². The monoisotopic (exact) mass is 279 g/mol. The van der Waals surface area contributed by atoms with Crippen LogP contribution in [0.5, 0.6) is 5.75 Å². The lowest BCUT2D eigenvalue weighted by Crippen LogP contribution is -2.21. The molecule has 0 saturated heterocycles. The highest BCUT2D eigenvalue weighted by atomic mass is 32.2. The molecule has 7 heteroatoms. The molecule has 100 valence electrons. The maximum Gasteiger partial charge on any atom is 0.262 e. The quantitative estimate of drug-likeness (QED) is 0.857. The maximum absolute atomic E-state index is 11.9. The van der Waals surface area contributed by atoms with E-state index in [1.54, 1.807) is 24.3 Å². The van der Waals surface area contributed by atoms with Gasteiger partial charge in [-0.2, -0.15) is 4.99 Å². The zero-order valence-electron chi connectivity index (χ0n) is 10.3. The molecule has 0 aliphatic carbocycles. The highest BCUT2D eigenvalue weighted by molar-refractivity contribution is 8.15. The second-order valence-electron chi connectivity index (χ2n) is 3.85. The summed E-state index contributed by atoms with van der Waals surface area (Å²) in [6, 6.07) is 7.06. The summed E-state index contributed by atoms with van der Waals surface area (Å²) in [4.78, 5) is 26.8. The number of carbonyl (C=O) groups excluding carboxylic acids is 2. The van der Waals surface area contributed by atoms with Crippen molar-refractivity contribution in [1.82, 2.24) is 0 Å². The molecule has 0 unspecified atom stereocenters. The topological polar surface area (TPSA) is 93.8 Å². The van der Waals surface area contributed by atoms with E-state index in [4.69, 9.17) is 10.5 Å². The molecule has 1 heterocycles. The first-order chi connectivity index (χ1) is 9.10. The Morgan fingerprint density at radius 3 is 2.89 bits per heavy atom. The summed E-state index contributed by atoms with van der Waals surface area (Å²) in [6.07, 6.45) is 0.0335. The molecule has 1 aromatic rings. The van der Waals surface area contributed by atoms with E-state index in [9.17, 15) is 9.59 Å². The van der Waals surface area contributed by atoms with Crippen molar-refractivity contribution in [1.29, 1.82) is 0 Å². The maximum atomic E-state index is 11.9. The van der Waals surface area contributed by atoms with Gasteiger partial charge in [0.15, 0.2) is 5.17 Å². The number of aliphatic imine (C=N–C) groups is 1. The average molecular weight is 279 g/mol. The fourth-order valence-corrected chi connectivity index (χ4v) is 2.47. The minimum Gasteiger partial charge on any atom is -0.495 e. The van der Waals surface area contributed by atoms with Crippen molar-refractivity contribution in [2.75, 3.05) is 12.4 Å². The first kappa shape index (κ1) is 13.4. The molecule has 19 heavy (non-hydrogen) atoms. The van der Waals surface area contributed by atoms with Crippen LogP contribution in [0, 0.1) is 0 Å². The number of amidine groups is 1. The molecule has 0 aromatic heterocycles. The second-order valence-corrected chi connectivity index (χ2v) is 5.07. The van der Waals surface area contributed by atoms with Crippen LogP contribution in [0.4, 0.5) is 5.69 Å². The third-order valence-corrected chi connectivity index (χ3v) is 3.50. The van der Waals surface area contributed by atoms with Crippen molar-refractivity contribution in [3.8, 4) is 5.75 Å². The lowest BCUT2D eigenvalue weighted by molar-refractivity contribution is -0.121. The van der Waals surface area contributed by atoms with Gasteiger partial charge in [0.1, 0.15) is 11.0 Å². The normalized spacial score (nSPS) is 18.1. The fourth-order valence-electron chi connectivity index (χ4n) is 1.65. The lowest BCUT2D eigenvalue weighted by Gasteiger charge is -2.11. The molecule has 0 spiro atoms. The third kappa shape index (κ3) is 3.25. The predicted octanol–water partition coefficient (Wildman–Crippen LogP) is 0.980. The number of thioether (sulfide) groups is 1. The van der Waals surface area contributed by atoms with E-state index in [0.29, 0.717) is 11.4 Å². The molecular formula is C12H13N3O3S. The van der Waals surface area contributed by atoms with Gasteiger partial charge in [-0.25, -0.2) is 0 Å². The first-order valence-electron chi connectivity index (χ1n) is 5.57. The zero-order chi connectivity index (χ0) is 13.8. The Labute approximate surface area is 114 Å². The highest BCUT2D eigenvalue weighted by Crippen LogP contribution is 2.26. The SMILES string of the molecule is COc1ccccc1NC(=O)C[C@@H]1SC(N)=NC1=O. The summed E-state index contributed by atoms with van der Waals surface area (Å²) in [5, 5.41) is 2.38. The number of anilines is 1. The van der Waals surface area contributed by atoms with Crippen LogP contribution in [0.15, 0.2) is 29.3 Å². The van der Waals surface area contributed by atoms with Crippen molar-refractivity contribution in [3.05, 3.63) is 24.3 Å². The fraction of sp³-hybridized carbons (Fsp3) is 0.250. The number of hydrogen-bond acceptors (Lipinski definition) is 5. The van der Waals surface area contributed by atoms with Crippen LogP contribution in [0.1, 0.15) is 6.42 Å². The van der Waals surface area contributed by atoms with Gasteiger partial charge in [0.05, 0.1) is 12.8 Å². The van der Waals surface area contributed by atoms with Gasteiger partial charge in [-0.05, 0) is 12.1 Å². The molecule has 3 N–H and O–H groups in total. The zero-order valence-corrected chi connectivity index (χ0v) is 11.1. The van der Waals surface area contributed by atoms with Gasteiger partial charge in [-0.1, -0.05) is 23.9 Å². The van der Waals surface area contributed by atoms with Crippen LogP contribution in [-0.4, -0.2) is 29.3 Å². The van der Waals surface area contributed by atoms with Crippen molar-refractivity contribution in [2.24, 2.45) is 10.7 Å². The van der Waals surface area contributed by atoms with E-state index >= 15 is 0 Å². The Balaban J connectivity index is 1.97. The number of rotatable bonds is 4.